The lowest BCUT2D eigenvalue weighted by atomic mass is 9.87. The SMILES string of the molecule is Cc1cccc(C)c1OC(=O)[C@H](C)[C@H](O)[C@](C)(CCC(C)C)Sc1ccccc1. The van der Waals surface area contributed by atoms with E-state index in [0.717, 1.165) is 28.9 Å². The predicted octanol–water partition coefficient (Wildman–Crippen LogP) is 6.19. The number of aliphatic hydroxyl groups is 1. The third kappa shape index (κ3) is 6.35. The van der Waals surface area contributed by atoms with Gasteiger partial charge in [-0.3, -0.25) is 4.79 Å². The molecular weight excluding hydrogens is 380 g/mol. The largest absolute Gasteiger partial charge is 0.426 e. The highest BCUT2D eigenvalue weighted by molar-refractivity contribution is 8.00. The zero-order valence-corrected chi connectivity index (χ0v) is 19.3. The van der Waals surface area contributed by atoms with E-state index in [1.807, 2.05) is 62.4 Å². The summed E-state index contributed by atoms with van der Waals surface area (Å²) >= 11 is 1.64. The normalized spacial score (nSPS) is 15.6. The maximum Gasteiger partial charge on any atom is 0.316 e. The smallest absolute Gasteiger partial charge is 0.316 e. The molecule has 0 unspecified atom stereocenters. The predicted molar refractivity (Wildman–Crippen MR) is 121 cm³/mol. The van der Waals surface area contributed by atoms with Crippen LogP contribution in [0.3, 0.4) is 0 Å². The Labute approximate surface area is 179 Å². The Kier molecular flexibility index (Phi) is 8.35. The standard InChI is InChI=1S/C25H34O3S/c1-17(2)15-16-25(6,29-21-13-8-7-9-14-21)23(26)20(5)24(27)28-22-18(3)11-10-12-19(22)4/h7-14,17,20,23,26H,15-16H2,1-6H3/t20-,23+,25+/m1/s1. The Bertz CT molecular complexity index is 783. The first-order valence-corrected chi connectivity index (χ1v) is 11.2. The first-order chi connectivity index (χ1) is 13.6. The van der Waals surface area contributed by atoms with Crippen LogP contribution in [0.4, 0.5) is 0 Å². The molecule has 0 saturated carbocycles. The molecule has 0 aromatic heterocycles. The highest BCUT2D eigenvalue weighted by Crippen LogP contribution is 2.42. The third-order valence-electron chi connectivity index (χ3n) is 5.39. The average molecular weight is 415 g/mol. The van der Waals surface area contributed by atoms with Crippen LogP contribution in [0.1, 0.15) is 51.7 Å². The second kappa shape index (κ2) is 10.3. The molecule has 0 aliphatic carbocycles. The van der Waals surface area contributed by atoms with Crippen LogP contribution in [0.15, 0.2) is 53.4 Å². The van der Waals surface area contributed by atoms with Gasteiger partial charge in [0.1, 0.15) is 5.75 Å². The van der Waals surface area contributed by atoms with Gasteiger partial charge in [0.15, 0.2) is 0 Å². The second-order valence-electron chi connectivity index (χ2n) is 8.54. The summed E-state index contributed by atoms with van der Waals surface area (Å²) in [5.41, 5.74) is 1.84. The molecule has 0 saturated heterocycles. The number of aryl methyl sites for hydroxylation is 2. The summed E-state index contributed by atoms with van der Waals surface area (Å²) in [5, 5.41) is 11.3. The van der Waals surface area contributed by atoms with E-state index in [4.69, 9.17) is 4.74 Å². The van der Waals surface area contributed by atoms with E-state index in [1.54, 1.807) is 18.7 Å². The van der Waals surface area contributed by atoms with Gasteiger partial charge in [0.2, 0.25) is 0 Å². The molecule has 0 amide bonds. The molecule has 0 heterocycles. The number of thioether (sulfide) groups is 1. The van der Waals surface area contributed by atoms with Crippen molar-refractivity contribution in [1.29, 1.82) is 0 Å². The summed E-state index contributed by atoms with van der Waals surface area (Å²) in [6.45, 7) is 12.0. The lowest BCUT2D eigenvalue weighted by Crippen LogP contribution is -2.44. The summed E-state index contributed by atoms with van der Waals surface area (Å²) in [6.07, 6.45) is 0.960. The summed E-state index contributed by atoms with van der Waals surface area (Å²) in [4.78, 5) is 14.0. The Balaban J connectivity index is 2.21. The Hall–Kier alpha value is -1.78. The topological polar surface area (TPSA) is 46.5 Å². The van der Waals surface area contributed by atoms with Crippen molar-refractivity contribution in [2.45, 2.75) is 70.1 Å². The Morgan fingerprint density at radius 3 is 2.17 bits per heavy atom. The zero-order valence-electron chi connectivity index (χ0n) is 18.4. The number of rotatable bonds is 9. The van der Waals surface area contributed by atoms with Gasteiger partial charge in [-0.25, -0.2) is 0 Å². The minimum absolute atomic E-state index is 0.390. The summed E-state index contributed by atoms with van der Waals surface area (Å²) in [7, 11) is 0. The number of carbonyl (C=O) groups is 1. The summed E-state index contributed by atoms with van der Waals surface area (Å²) in [6, 6.07) is 15.9. The highest BCUT2D eigenvalue weighted by Gasteiger charge is 2.41. The maximum atomic E-state index is 12.9. The van der Waals surface area contributed by atoms with E-state index in [1.165, 1.54) is 0 Å². The van der Waals surface area contributed by atoms with Crippen molar-refractivity contribution >= 4 is 17.7 Å². The number of hydrogen-bond donors (Lipinski definition) is 1. The molecule has 0 aliphatic rings. The minimum Gasteiger partial charge on any atom is -0.426 e. The Morgan fingerprint density at radius 1 is 1.03 bits per heavy atom. The number of benzene rings is 2. The van der Waals surface area contributed by atoms with Crippen molar-refractivity contribution in [2.24, 2.45) is 11.8 Å². The summed E-state index contributed by atoms with van der Waals surface area (Å²) in [5.74, 6) is 0.0904. The van der Waals surface area contributed by atoms with Crippen molar-refractivity contribution in [3.8, 4) is 5.75 Å². The lowest BCUT2D eigenvalue weighted by molar-refractivity contribution is -0.142. The van der Waals surface area contributed by atoms with Crippen molar-refractivity contribution in [3.05, 3.63) is 59.7 Å². The molecule has 0 aliphatic heterocycles. The van der Waals surface area contributed by atoms with E-state index in [2.05, 4.69) is 20.8 Å². The van der Waals surface area contributed by atoms with E-state index in [0.29, 0.717) is 11.7 Å². The van der Waals surface area contributed by atoms with Crippen LogP contribution in [0.25, 0.3) is 0 Å². The van der Waals surface area contributed by atoms with Gasteiger partial charge in [0.05, 0.1) is 12.0 Å². The van der Waals surface area contributed by atoms with Gasteiger partial charge in [0, 0.05) is 9.64 Å². The fraction of sp³-hybridized carbons (Fsp3) is 0.480. The van der Waals surface area contributed by atoms with Gasteiger partial charge in [-0.2, -0.15) is 0 Å². The van der Waals surface area contributed by atoms with E-state index in [-0.39, 0.29) is 5.97 Å². The number of hydrogen-bond acceptors (Lipinski definition) is 4. The highest BCUT2D eigenvalue weighted by atomic mass is 32.2. The number of esters is 1. The first-order valence-electron chi connectivity index (χ1n) is 10.3. The van der Waals surface area contributed by atoms with E-state index < -0.39 is 16.8 Å². The molecule has 0 radical (unpaired) electrons. The fourth-order valence-corrected chi connectivity index (χ4v) is 4.78. The van der Waals surface area contributed by atoms with Crippen LogP contribution in [0.2, 0.25) is 0 Å². The molecule has 0 bridgehead atoms. The van der Waals surface area contributed by atoms with Crippen LogP contribution in [0.5, 0.6) is 5.75 Å². The lowest BCUT2D eigenvalue weighted by Gasteiger charge is -2.37. The van der Waals surface area contributed by atoms with Crippen LogP contribution in [-0.4, -0.2) is 21.9 Å². The molecule has 3 atom stereocenters. The number of ether oxygens (including phenoxy) is 1. The van der Waals surface area contributed by atoms with Gasteiger partial charge in [-0.05, 0) is 69.7 Å². The molecule has 158 valence electrons. The molecule has 2 rings (SSSR count). The van der Waals surface area contributed by atoms with Gasteiger partial charge >= 0.3 is 5.97 Å². The molecule has 0 spiro atoms. The third-order valence-corrected chi connectivity index (χ3v) is 6.81. The van der Waals surface area contributed by atoms with Gasteiger partial charge in [-0.15, -0.1) is 11.8 Å². The van der Waals surface area contributed by atoms with E-state index in [9.17, 15) is 9.90 Å². The van der Waals surface area contributed by atoms with Crippen LogP contribution < -0.4 is 4.74 Å². The Morgan fingerprint density at radius 2 is 1.62 bits per heavy atom. The van der Waals surface area contributed by atoms with Gasteiger partial charge < -0.3 is 9.84 Å². The fourth-order valence-electron chi connectivity index (χ4n) is 3.40. The van der Waals surface area contributed by atoms with Crippen molar-refractivity contribution in [1.82, 2.24) is 0 Å². The van der Waals surface area contributed by atoms with Crippen molar-refractivity contribution < 1.29 is 14.6 Å². The molecule has 4 heteroatoms. The quantitative estimate of drug-likeness (QED) is 0.302. The number of aliphatic hydroxyl groups excluding tert-OH is 1. The molecule has 0 fully saturated rings. The van der Waals surface area contributed by atoms with Crippen molar-refractivity contribution in [3.63, 3.8) is 0 Å². The monoisotopic (exact) mass is 414 g/mol. The van der Waals surface area contributed by atoms with E-state index >= 15 is 0 Å². The maximum absolute atomic E-state index is 12.9. The first kappa shape index (κ1) is 23.5. The summed E-state index contributed by atoms with van der Waals surface area (Å²) < 4.78 is 5.23. The van der Waals surface area contributed by atoms with Gasteiger partial charge in [-0.1, -0.05) is 50.2 Å². The second-order valence-corrected chi connectivity index (χ2v) is 10.1. The molecule has 2 aromatic rings. The number of carbonyl (C=O) groups excluding carboxylic acids is 1. The van der Waals surface area contributed by atoms with Crippen LogP contribution in [-0.2, 0) is 4.79 Å². The molecular formula is C25H34O3S. The zero-order chi connectivity index (χ0) is 21.6. The molecule has 29 heavy (non-hydrogen) atoms. The van der Waals surface area contributed by atoms with Crippen LogP contribution in [0, 0.1) is 25.7 Å². The molecule has 2 aromatic carbocycles. The average Bonchev–Trinajstić information content (AvgIpc) is 2.68. The minimum atomic E-state index is -0.830. The van der Waals surface area contributed by atoms with Crippen LogP contribution >= 0.6 is 11.8 Å². The molecule has 1 N–H and O–H groups in total. The molecule has 3 nitrogen and oxygen atoms in total. The van der Waals surface area contributed by atoms with Gasteiger partial charge in [0.25, 0.3) is 0 Å². The van der Waals surface area contributed by atoms with Crippen molar-refractivity contribution in [2.75, 3.05) is 0 Å². The number of para-hydroxylation sites is 1.